The Labute approximate surface area is 104 Å². The lowest BCUT2D eigenvalue weighted by atomic mass is 9.88. The van der Waals surface area contributed by atoms with E-state index in [0.29, 0.717) is 0 Å². The van der Waals surface area contributed by atoms with Gasteiger partial charge in [0.25, 0.3) is 0 Å². The van der Waals surface area contributed by atoms with E-state index in [4.69, 9.17) is 9.47 Å². The lowest BCUT2D eigenvalue weighted by molar-refractivity contribution is -0.0505. The summed E-state index contributed by atoms with van der Waals surface area (Å²) in [6, 6.07) is 6.11. The molecule has 1 heterocycles. The first-order valence-corrected chi connectivity index (χ1v) is 6.07. The van der Waals surface area contributed by atoms with Gasteiger partial charge in [0.05, 0.1) is 12.7 Å². The van der Waals surface area contributed by atoms with Crippen molar-refractivity contribution in [1.82, 2.24) is 5.32 Å². The van der Waals surface area contributed by atoms with Crippen LogP contribution in [-0.2, 0) is 11.2 Å². The van der Waals surface area contributed by atoms with Crippen molar-refractivity contribution in [3.63, 3.8) is 0 Å². The maximum absolute atomic E-state index is 5.58. The Kier molecular flexibility index (Phi) is 3.52. The van der Waals surface area contributed by atoms with Crippen LogP contribution in [0.1, 0.15) is 5.56 Å². The SMILES string of the molecule is COc1cc(Br)ccc1CC1(OC)CNC1. The molecule has 0 atom stereocenters. The van der Waals surface area contributed by atoms with Gasteiger partial charge in [-0.3, -0.25) is 0 Å². The van der Waals surface area contributed by atoms with Gasteiger partial charge in [-0.25, -0.2) is 0 Å². The van der Waals surface area contributed by atoms with Crippen LogP contribution in [0, 0.1) is 0 Å². The van der Waals surface area contributed by atoms with Crippen LogP contribution in [0.2, 0.25) is 0 Å². The van der Waals surface area contributed by atoms with Gasteiger partial charge in [0.15, 0.2) is 0 Å². The number of hydrogen-bond acceptors (Lipinski definition) is 3. The molecule has 0 aromatic heterocycles. The standard InChI is InChI=1S/C12H16BrNO2/c1-15-11-5-10(13)4-3-9(11)6-12(16-2)7-14-8-12/h3-5,14H,6-8H2,1-2H3. The highest BCUT2D eigenvalue weighted by atomic mass is 79.9. The Morgan fingerprint density at radius 3 is 2.62 bits per heavy atom. The highest BCUT2D eigenvalue weighted by molar-refractivity contribution is 9.10. The number of hydrogen-bond donors (Lipinski definition) is 1. The van der Waals surface area contributed by atoms with Crippen LogP contribution < -0.4 is 10.1 Å². The van der Waals surface area contributed by atoms with E-state index in [-0.39, 0.29) is 5.60 Å². The molecule has 0 spiro atoms. The van der Waals surface area contributed by atoms with Crippen LogP contribution in [0.25, 0.3) is 0 Å². The summed E-state index contributed by atoms with van der Waals surface area (Å²) in [6.45, 7) is 1.81. The summed E-state index contributed by atoms with van der Waals surface area (Å²) in [7, 11) is 3.47. The number of rotatable bonds is 4. The summed E-state index contributed by atoms with van der Waals surface area (Å²) in [5.74, 6) is 0.915. The molecule has 2 rings (SSSR count). The molecule has 88 valence electrons. The molecule has 1 aromatic rings. The van der Waals surface area contributed by atoms with Crippen molar-refractivity contribution in [2.75, 3.05) is 27.3 Å². The molecule has 0 aliphatic carbocycles. The summed E-state index contributed by atoms with van der Waals surface area (Å²) in [5, 5.41) is 3.25. The summed E-state index contributed by atoms with van der Waals surface area (Å²) < 4.78 is 12.0. The molecule has 1 aliphatic rings. The molecule has 16 heavy (non-hydrogen) atoms. The van der Waals surface area contributed by atoms with Crippen molar-refractivity contribution < 1.29 is 9.47 Å². The van der Waals surface area contributed by atoms with Crippen LogP contribution in [0.3, 0.4) is 0 Å². The van der Waals surface area contributed by atoms with Crippen LogP contribution in [0.5, 0.6) is 5.75 Å². The summed E-state index contributed by atoms with van der Waals surface area (Å²) in [4.78, 5) is 0. The maximum Gasteiger partial charge on any atom is 0.123 e. The monoisotopic (exact) mass is 285 g/mol. The molecule has 1 aromatic carbocycles. The van der Waals surface area contributed by atoms with E-state index in [1.807, 2.05) is 12.1 Å². The summed E-state index contributed by atoms with van der Waals surface area (Å²) in [6.07, 6.45) is 0.882. The highest BCUT2D eigenvalue weighted by Crippen LogP contribution is 2.29. The van der Waals surface area contributed by atoms with Gasteiger partial charge >= 0.3 is 0 Å². The van der Waals surface area contributed by atoms with Gasteiger partial charge in [0, 0.05) is 31.1 Å². The molecule has 0 radical (unpaired) electrons. The van der Waals surface area contributed by atoms with E-state index in [0.717, 1.165) is 29.7 Å². The number of benzene rings is 1. The Morgan fingerprint density at radius 2 is 2.12 bits per heavy atom. The van der Waals surface area contributed by atoms with E-state index < -0.39 is 0 Å². The normalized spacial score (nSPS) is 17.9. The molecule has 1 saturated heterocycles. The Bertz CT molecular complexity index is 372. The lowest BCUT2D eigenvalue weighted by Crippen LogP contribution is -2.61. The largest absolute Gasteiger partial charge is 0.496 e. The number of ether oxygens (including phenoxy) is 2. The molecule has 4 heteroatoms. The molecule has 1 fully saturated rings. The minimum atomic E-state index is -0.0545. The topological polar surface area (TPSA) is 30.5 Å². The van der Waals surface area contributed by atoms with Crippen LogP contribution in [-0.4, -0.2) is 32.9 Å². The Hall–Kier alpha value is -0.580. The van der Waals surface area contributed by atoms with Gasteiger partial charge in [-0.05, 0) is 17.7 Å². The molecule has 3 nitrogen and oxygen atoms in total. The average molecular weight is 286 g/mol. The lowest BCUT2D eigenvalue weighted by Gasteiger charge is -2.41. The smallest absolute Gasteiger partial charge is 0.123 e. The van der Waals surface area contributed by atoms with Crippen LogP contribution in [0.4, 0.5) is 0 Å². The predicted molar refractivity (Wildman–Crippen MR) is 67.0 cm³/mol. The maximum atomic E-state index is 5.58. The fourth-order valence-corrected chi connectivity index (χ4v) is 2.30. The van der Waals surface area contributed by atoms with Gasteiger partial charge in [-0.15, -0.1) is 0 Å². The first-order chi connectivity index (χ1) is 7.69. The third-order valence-electron chi connectivity index (χ3n) is 3.09. The molecular weight excluding hydrogens is 270 g/mol. The molecule has 1 aliphatic heterocycles. The molecular formula is C12H16BrNO2. The van der Waals surface area contributed by atoms with E-state index in [2.05, 4.69) is 27.3 Å². The number of nitrogens with one attached hydrogen (secondary N) is 1. The first-order valence-electron chi connectivity index (χ1n) is 5.27. The molecule has 0 saturated carbocycles. The van der Waals surface area contributed by atoms with Crippen molar-refractivity contribution in [2.24, 2.45) is 0 Å². The predicted octanol–water partition coefficient (Wildman–Crippen LogP) is 1.99. The number of methoxy groups -OCH3 is 2. The van der Waals surface area contributed by atoms with Crippen LogP contribution in [0.15, 0.2) is 22.7 Å². The highest BCUT2D eigenvalue weighted by Gasteiger charge is 2.37. The Balaban J connectivity index is 2.20. The molecule has 0 bridgehead atoms. The van der Waals surface area contributed by atoms with Gasteiger partial charge in [0.2, 0.25) is 0 Å². The van der Waals surface area contributed by atoms with Crippen molar-refractivity contribution in [2.45, 2.75) is 12.0 Å². The van der Waals surface area contributed by atoms with Crippen molar-refractivity contribution in [1.29, 1.82) is 0 Å². The Morgan fingerprint density at radius 1 is 1.38 bits per heavy atom. The van der Waals surface area contributed by atoms with E-state index in [9.17, 15) is 0 Å². The van der Waals surface area contributed by atoms with Gasteiger partial charge in [-0.2, -0.15) is 0 Å². The third kappa shape index (κ3) is 2.24. The van der Waals surface area contributed by atoms with Crippen molar-refractivity contribution in [3.8, 4) is 5.75 Å². The summed E-state index contributed by atoms with van der Waals surface area (Å²) in [5.41, 5.74) is 1.13. The fourth-order valence-electron chi connectivity index (χ4n) is 1.96. The second kappa shape index (κ2) is 4.73. The molecule has 1 N–H and O–H groups in total. The number of halogens is 1. The van der Waals surface area contributed by atoms with Gasteiger partial charge in [0.1, 0.15) is 5.75 Å². The zero-order valence-electron chi connectivity index (χ0n) is 9.55. The van der Waals surface area contributed by atoms with E-state index >= 15 is 0 Å². The third-order valence-corrected chi connectivity index (χ3v) is 3.58. The van der Waals surface area contributed by atoms with Gasteiger partial charge in [-0.1, -0.05) is 22.0 Å². The summed E-state index contributed by atoms with van der Waals surface area (Å²) >= 11 is 3.44. The second-order valence-corrected chi connectivity index (χ2v) is 5.04. The van der Waals surface area contributed by atoms with Crippen LogP contribution >= 0.6 is 15.9 Å². The van der Waals surface area contributed by atoms with Crippen molar-refractivity contribution >= 4 is 15.9 Å². The molecule has 0 amide bonds. The fraction of sp³-hybridized carbons (Fsp3) is 0.500. The minimum Gasteiger partial charge on any atom is -0.496 e. The molecule has 0 unspecified atom stereocenters. The second-order valence-electron chi connectivity index (χ2n) is 4.12. The zero-order chi connectivity index (χ0) is 11.6. The van der Waals surface area contributed by atoms with Gasteiger partial charge < -0.3 is 14.8 Å². The quantitative estimate of drug-likeness (QED) is 0.918. The minimum absolute atomic E-state index is 0.0545. The van der Waals surface area contributed by atoms with Crippen molar-refractivity contribution in [3.05, 3.63) is 28.2 Å². The average Bonchev–Trinajstić information content (AvgIpc) is 2.25. The van der Waals surface area contributed by atoms with E-state index in [1.165, 1.54) is 5.56 Å². The van der Waals surface area contributed by atoms with E-state index in [1.54, 1.807) is 14.2 Å². The first kappa shape index (κ1) is 11.9. The zero-order valence-corrected chi connectivity index (χ0v) is 11.1.